The van der Waals surface area contributed by atoms with Gasteiger partial charge in [0, 0.05) is 6.54 Å². The molecule has 0 fully saturated rings. The Kier molecular flexibility index (Phi) is 6.15. The van der Waals surface area contributed by atoms with Crippen molar-refractivity contribution in [1.29, 1.82) is 0 Å². The van der Waals surface area contributed by atoms with Gasteiger partial charge in [0.05, 0.1) is 17.8 Å². The molecule has 1 N–H and O–H groups in total. The van der Waals surface area contributed by atoms with E-state index >= 15 is 0 Å². The Labute approximate surface area is 109 Å². The van der Waals surface area contributed by atoms with Crippen LogP contribution in [0.5, 0.6) is 5.75 Å². The van der Waals surface area contributed by atoms with Crippen LogP contribution < -0.4 is 10.1 Å². The Morgan fingerprint density at radius 3 is 2.39 bits per heavy atom. The van der Waals surface area contributed by atoms with E-state index in [2.05, 4.69) is 12.2 Å². The van der Waals surface area contributed by atoms with E-state index in [4.69, 9.17) is 4.74 Å². The zero-order valence-corrected chi connectivity index (χ0v) is 11.8. The largest absolute Gasteiger partial charge is 0.497 e. The molecule has 0 aliphatic carbocycles. The predicted octanol–water partition coefficient (Wildman–Crippen LogP) is 1.86. The molecule has 0 aromatic heterocycles. The molecule has 1 aromatic rings. The molecule has 0 heterocycles. The fourth-order valence-electron chi connectivity index (χ4n) is 1.53. The molecule has 0 unspecified atom stereocenters. The van der Waals surface area contributed by atoms with Gasteiger partial charge in [-0.2, -0.15) is 0 Å². The molecule has 0 bridgehead atoms. The highest BCUT2D eigenvalue weighted by Gasteiger charge is 2.13. The van der Waals surface area contributed by atoms with Gasteiger partial charge in [0.25, 0.3) is 0 Å². The Hall–Kier alpha value is -1.07. The van der Waals surface area contributed by atoms with E-state index in [0.29, 0.717) is 17.2 Å². The molecule has 0 saturated heterocycles. The van der Waals surface area contributed by atoms with Crippen LogP contribution in [0, 0.1) is 0 Å². The Morgan fingerprint density at radius 2 is 1.83 bits per heavy atom. The SMILES string of the molecule is CCCCNCCS(=O)(=O)c1ccc(OC)cc1. The minimum Gasteiger partial charge on any atom is -0.497 e. The highest BCUT2D eigenvalue weighted by molar-refractivity contribution is 7.91. The summed E-state index contributed by atoms with van der Waals surface area (Å²) in [5.74, 6) is 0.790. The van der Waals surface area contributed by atoms with Crippen molar-refractivity contribution in [3.05, 3.63) is 24.3 Å². The van der Waals surface area contributed by atoms with Gasteiger partial charge in [-0.25, -0.2) is 8.42 Å². The monoisotopic (exact) mass is 271 g/mol. The molecule has 1 aromatic carbocycles. The van der Waals surface area contributed by atoms with Gasteiger partial charge in [-0.15, -0.1) is 0 Å². The number of benzene rings is 1. The normalized spacial score (nSPS) is 11.4. The van der Waals surface area contributed by atoms with Crippen LogP contribution in [-0.2, 0) is 9.84 Å². The van der Waals surface area contributed by atoms with Gasteiger partial charge in [0.2, 0.25) is 0 Å². The molecule has 0 aliphatic rings. The molecule has 0 amide bonds. The van der Waals surface area contributed by atoms with E-state index in [1.54, 1.807) is 31.4 Å². The van der Waals surface area contributed by atoms with Crippen LogP contribution in [0.2, 0.25) is 0 Å². The van der Waals surface area contributed by atoms with Crippen LogP contribution >= 0.6 is 0 Å². The van der Waals surface area contributed by atoms with Gasteiger partial charge in [-0.3, -0.25) is 0 Å². The lowest BCUT2D eigenvalue weighted by molar-refractivity contribution is 0.414. The first-order chi connectivity index (χ1) is 8.60. The van der Waals surface area contributed by atoms with Gasteiger partial charge < -0.3 is 10.1 Å². The van der Waals surface area contributed by atoms with E-state index in [1.807, 2.05) is 0 Å². The van der Waals surface area contributed by atoms with Gasteiger partial charge in [-0.1, -0.05) is 13.3 Å². The molecule has 0 radical (unpaired) electrons. The number of nitrogens with one attached hydrogen (secondary N) is 1. The standard InChI is InChI=1S/C13H21NO3S/c1-3-4-9-14-10-11-18(15,16)13-7-5-12(17-2)6-8-13/h5-8,14H,3-4,9-11H2,1-2H3. The smallest absolute Gasteiger partial charge is 0.179 e. The summed E-state index contributed by atoms with van der Waals surface area (Å²) >= 11 is 0. The minimum atomic E-state index is -3.19. The van der Waals surface area contributed by atoms with Crippen molar-refractivity contribution in [3.63, 3.8) is 0 Å². The summed E-state index contributed by atoms with van der Waals surface area (Å²) in [6, 6.07) is 6.50. The Bertz CT molecular complexity index is 440. The number of methoxy groups -OCH3 is 1. The van der Waals surface area contributed by atoms with E-state index in [-0.39, 0.29) is 5.75 Å². The van der Waals surface area contributed by atoms with Crippen LogP contribution in [0.3, 0.4) is 0 Å². The van der Waals surface area contributed by atoms with Gasteiger partial charge in [-0.05, 0) is 37.2 Å². The zero-order chi connectivity index (χ0) is 13.4. The van der Waals surface area contributed by atoms with Crippen molar-refractivity contribution in [2.45, 2.75) is 24.7 Å². The second kappa shape index (κ2) is 7.38. The lowest BCUT2D eigenvalue weighted by Gasteiger charge is -2.06. The number of ether oxygens (including phenoxy) is 1. The lowest BCUT2D eigenvalue weighted by atomic mass is 10.3. The summed E-state index contributed by atoms with van der Waals surface area (Å²) in [6.07, 6.45) is 2.18. The van der Waals surface area contributed by atoms with Crippen LogP contribution in [0.15, 0.2) is 29.2 Å². The quantitative estimate of drug-likeness (QED) is 0.733. The second-order valence-electron chi connectivity index (χ2n) is 4.10. The maximum absolute atomic E-state index is 12.0. The summed E-state index contributed by atoms with van der Waals surface area (Å²) in [7, 11) is -1.63. The van der Waals surface area contributed by atoms with Crippen molar-refractivity contribution in [1.82, 2.24) is 5.32 Å². The van der Waals surface area contributed by atoms with Crippen LogP contribution in [0.1, 0.15) is 19.8 Å². The van der Waals surface area contributed by atoms with E-state index in [1.165, 1.54) is 0 Å². The third-order valence-electron chi connectivity index (χ3n) is 2.67. The van der Waals surface area contributed by atoms with Crippen LogP contribution in [-0.4, -0.2) is 34.4 Å². The molecule has 102 valence electrons. The van der Waals surface area contributed by atoms with Gasteiger partial charge >= 0.3 is 0 Å². The third-order valence-corrected chi connectivity index (χ3v) is 4.41. The first-order valence-electron chi connectivity index (χ1n) is 6.17. The fraction of sp³-hybridized carbons (Fsp3) is 0.538. The highest BCUT2D eigenvalue weighted by Crippen LogP contribution is 2.16. The second-order valence-corrected chi connectivity index (χ2v) is 6.21. The topological polar surface area (TPSA) is 55.4 Å². The number of unbranched alkanes of at least 4 members (excludes halogenated alkanes) is 1. The third kappa shape index (κ3) is 4.66. The Balaban J connectivity index is 2.51. The number of sulfone groups is 1. The average molecular weight is 271 g/mol. The molecular formula is C13H21NO3S. The summed E-state index contributed by atoms with van der Waals surface area (Å²) in [4.78, 5) is 0.348. The zero-order valence-electron chi connectivity index (χ0n) is 11.0. The summed E-state index contributed by atoms with van der Waals surface area (Å²) in [5, 5.41) is 3.13. The molecule has 0 aliphatic heterocycles. The first-order valence-corrected chi connectivity index (χ1v) is 7.83. The van der Waals surface area contributed by atoms with E-state index < -0.39 is 9.84 Å². The number of hydrogen-bond acceptors (Lipinski definition) is 4. The maximum Gasteiger partial charge on any atom is 0.179 e. The molecule has 0 saturated carbocycles. The number of rotatable bonds is 8. The molecule has 1 rings (SSSR count). The van der Waals surface area contributed by atoms with E-state index in [0.717, 1.165) is 19.4 Å². The first kappa shape index (κ1) is 15.0. The Morgan fingerprint density at radius 1 is 1.17 bits per heavy atom. The summed E-state index contributed by atoms with van der Waals surface area (Å²) < 4.78 is 29.0. The molecule has 0 spiro atoms. The molecular weight excluding hydrogens is 250 g/mol. The lowest BCUT2D eigenvalue weighted by Crippen LogP contribution is -2.23. The van der Waals surface area contributed by atoms with Crippen molar-refractivity contribution >= 4 is 9.84 Å². The summed E-state index contributed by atoms with van der Waals surface area (Å²) in [5.41, 5.74) is 0. The van der Waals surface area contributed by atoms with Crippen molar-refractivity contribution < 1.29 is 13.2 Å². The van der Waals surface area contributed by atoms with E-state index in [9.17, 15) is 8.42 Å². The molecule has 5 heteroatoms. The molecule has 4 nitrogen and oxygen atoms in total. The fourth-order valence-corrected chi connectivity index (χ4v) is 2.73. The number of hydrogen-bond donors (Lipinski definition) is 1. The van der Waals surface area contributed by atoms with Crippen LogP contribution in [0.25, 0.3) is 0 Å². The maximum atomic E-state index is 12.0. The van der Waals surface area contributed by atoms with Gasteiger partial charge in [0.15, 0.2) is 9.84 Å². The highest BCUT2D eigenvalue weighted by atomic mass is 32.2. The van der Waals surface area contributed by atoms with Crippen molar-refractivity contribution in [2.24, 2.45) is 0 Å². The molecule has 0 atom stereocenters. The van der Waals surface area contributed by atoms with Crippen LogP contribution in [0.4, 0.5) is 0 Å². The molecule has 18 heavy (non-hydrogen) atoms. The average Bonchev–Trinajstić information content (AvgIpc) is 2.38. The summed E-state index contributed by atoms with van der Waals surface area (Å²) in [6.45, 7) is 3.47. The van der Waals surface area contributed by atoms with Gasteiger partial charge in [0.1, 0.15) is 5.75 Å². The minimum absolute atomic E-state index is 0.128. The van der Waals surface area contributed by atoms with Crippen molar-refractivity contribution in [2.75, 3.05) is 26.0 Å². The predicted molar refractivity (Wildman–Crippen MR) is 72.8 cm³/mol. The van der Waals surface area contributed by atoms with Crippen molar-refractivity contribution in [3.8, 4) is 5.75 Å².